The molecule has 0 saturated heterocycles. The van der Waals surface area contributed by atoms with Gasteiger partial charge >= 0.3 is 0 Å². The van der Waals surface area contributed by atoms with Crippen LogP contribution in [0.3, 0.4) is 0 Å². The number of hydrogen-bond acceptors (Lipinski definition) is 3. The highest BCUT2D eigenvalue weighted by atomic mass is 35.5. The maximum Gasteiger partial charge on any atom is 0.251 e. The van der Waals surface area contributed by atoms with Crippen molar-refractivity contribution in [3.05, 3.63) is 59.4 Å². The fourth-order valence-corrected chi connectivity index (χ4v) is 2.45. The van der Waals surface area contributed by atoms with Gasteiger partial charge in [0.15, 0.2) is 0 Å². The van der Waals surface area contributed by atoms with Crippen LogP contribution in [-0.2, 0) is 0 Å². The highest BCUT2D eigenvalue weighted by Gasteiger charge is 2.06. The number of unbranched alkanes of at least 4 members (excludes halogenated alkanes) is 1. The van der Waals surface area contributed by atoms with Gasteiger partial charge in [-0.2, -0.15) is 0 Å². The summed E-state index contributed by atoms with van der Waals surface area (Å²) in [7, 11) is 0. The van der Waals surface area contributed by atoms with E-state index in [9.17, 15) is 4.79 Å². The van der Waals surface area contributed by atoms with E-state index in [2.05, 4.69) is 15.3 Å². The van der Waals surface area contributed by atoms with E-state index < -0.39 is 0 Å². The van der Waals surface area contributed by atoms with E-state index >= 15 is 0 Å². The molecule has 3 aromatic rings. The van der Waals surface area contributed by atoms with Crippen LogP contribution in [0.4, 0.5) is 0 Å². The molecule has 0 aliphatic rings. The Kier molecular flexibility index (Phi) is 5.33. The largest absolute Gasteiger partial charge is 0.494 e. The molecule has 0 fully saturated rings. The van der Waals surface area contributed by atoms with E-state index in [-0.39, 0.29) is 5.91 Å². The van der Waals surface area contributed by atoms with Gasteiger partial charge in [0.1, 0.15) is 5.75 Å². The van der Waals surface area contributed by atoms with Crippen LogP contribution < -0.4 is 10.1 Å². The van der Waals surface area contributed by atoms with Gasteiger partial charge in [0, 0.05) is 17.1 Å². The van der Waals surface area contributed by atoms with E-state index in [0.29, 0.717) is 23.7 Å². The maximum atomic E-state index is 12.1. The SMILES string of the molecule is O=C(NCCCCOc1ccc(Cl)cc1)c1ccc2nc[nH]c2c1. The second kappa shape index (κ2) is 7.84. The molecule has 24 heavy (non-hydrogen) atoms. The third kappa shape index (κ3) is 4.26. The standard InChI is InChI=1S/C18H18ClN3O2/c19-14-4-6-15(7-5-14)24-10-2-1-9-20-18(23)13-3-8-16-17(11-13)22-12-21-16/h3-8,11-12H,1-2,9-10H2,(H,20,23)(H,21,22). The lowest BCUT2D eigenvalue weighted by Crippen LogP contribution is -2.24. The summed E-state index contributed by atoms with van der Waals surface area (Å²) in [5, 5.41) is 3.61. The summed E-state index contributed by atoms with van der Waals surface area (Å²) < 4.78 is 5.61. The predicted octanol–water partition coefficient (Wildman–Crippen LogP) is 3.81. The number of benzene rings is 2. The lowest BCUT2D eigenvalue weighted by molar-refractivity contribution is 0.0952. The van der Waals surface area contributed by atoms with Crippen LogP contribution in [0.1, 0.15) is 23.2 Å². The first-order chi connectivity index (χ1) is 11.7. The van der Waals surface area contributed by atoms with Crippen LogP contribution in [0.2, 0.25) is 5.02 Å². The van der Waals surface area contributed by atoms with Crippen molar-refractivity contribution in [2.75, 3.05) is 13.2 Å². The molecule has 0 bridgehead atoms. The average molecular weight is 344 g/mol. The molecule has 2 N–H and O–H groups in total. The van der Waals surface area contributed by atoms with Gasteiger partial charge in [0.25, 0.3) is 5.91 Å². The molecule has 0 saturated carbocycles. The minimum Gasteiger partial charge on any atom is -0.494 e. The van der Waals surface area contributed by atoms with Crippen molar-refractivity contribution in [2.45, 2.75) is 12.8 Å². The molecule has 1 heterocycles. The highest BCUT2D eigenvalue weighted by Crippen LogP contribution is 2.15. The van der Waals surface area contributed by atoms with Crippen molar-refractivity contribution in [1.82, 2.24) is 15.3 Å². The minimum absolute atomic E-state index is 0.0786. The molecule has 0 radical (unpaired) electrons. The van der Waals surface area contributed by atoms with E-state index in [1.807, 2.05) is 18.2 Å². The number of rotatable bonds is 7. The zero-order valence-electron chi connectivity index (χ0n) is 13.1. The summed E-state index contributed by atoms with van der Waals surface area (Å²) in [6, 6.07) is 12.7. The summed E-state index contributed by atoms with van der Waals surface area (Å²) in [4.78, 5) is 19.2. The van der Waals surface area contributed by atoms with E-state index in [4.69, 9.17) is 16.3 Å². The molecule has 0 aliphatic heterocycles. The topological polar surface area (TPSA) is 67.0 Å². The van der Waals surface area contributed by atoms with Crippen molar-refractivity contribution in [3.8, 4) is 5.75 Å². The summed E-state index contributed by atoms with van der Waals surface area (Å²) in [5.41, 5.74) is 2.34. The Morgan fingerprint density at radius 2 is 2.00 bits per heavy atom. The summed E-state index contributed by atoms with van der Waals surface area (Å²) in [5.74, 6) is 0.724. The van der Waals surface area contributed by atoms with Gasteiger partial charge in [-0.15, -0.1) is 0 Å². The third-order valence-corrected chi connectivity index (χ3v) is 3.87. The van der Waals surface area contributed by atoms with E-state index in [1.165, 1.54) is 0 Å². The number of amides is 1. The third-order valence-electron chi connectivity index (χ3n) is 3.62. The smallest absolute Gasteiger partial charge is 0.251 e. The second-order valence-electron chi connectivity index (χ2n) is 5.40. The van der Waals surface area contributed by atoms with Crippen molar-refractivity contribution in [2.24, 2.45) is 0 Å². The summed E-state index contributed by atoms with van der Waals surface area (Å²) in [6.07, 6.45) is 3.33. The monoisotopic (exact) mass is 343 g/mol. The first kappa shape index (κ1) is 16.3. The molecule has 124 valence electrons. The van der Waals surface area contributed by atoms with Crippen LogP contribution >= 0.6 is 11.6 Å². The summed E-state index contributed by atoms with van der Waals surface area (Å²) in [6.45, 7) is 1.22. The fourth-order valence-electron chi connectivity index (χ4n) is 2.33. The number of nitrogens with zero attached hydrogens (tertiary/aromatic N) is 1. The number of carbonyl (C=O) groups excluding carboxylic acids is 1. The highest BCUT2D eigenvalue weighted by molar-refractivity contribution is 6.30. The first-order valence-electron chi connectivity index (χ1n) is 7.82. The Hall–Kier alpha value is -2.53. The number of carbonyl (C=O) groups is 1. The van der Waals surface area contributed by atoms with Crippen LogP contribution in [0.5, 0.6) is 5.75 Å². The van der Waals surface area contributed by atoms with Crippen LogP contribution in [0, 0.1) is 0 Å². The van der Waals surface area contributed by atoms with Gasteiger partial charge in [-0.1, -0.05) is 11.6 Å². The average Bonchev–Trinajstić information content (AvgIpc) is 3.07. The Bertz CT molecular complexity index is 815. The molecule has 0 unspecified atom stereocenters. The van der Waals surface area contributed by atoms with Gasteiger partial charge in [0.2, 0.25) is 0 Å². The van der Waals surface area contributed by atoms with Crippen LogP contribution in [0.15, 0.2) is 48.8 Å². The van der Waals surface area contributed by atoms with Crippen molar-refractivity contribution < 1.29 is 9.53 Å². The fraction of sp³-hybridized carbons (Fsp3) is 0.222. The second-order valence-corrected chi connectivity index (χ2v) is 5.84. The van der Waals surface area contributed by atoms with Gasteiger partial charge in [0.05, 0.1) is 24.0 Å². The predicted molar refractivity (Wildman–Crippen MR) is 94.6 cm³/mol. The molecular formula is C18H18ClN3O2. The molecule has 2 aromatic carbocycles. The molecule has 0 atom stereocenters. The number of aromatic amines is 1. The van der Waals surface area contributed by atoms with Gasteiger partial charge in [-0.3, -0.25) is 4.79 Å². The Morgan fingerprint density at radius 1 is 1.17 bits per heavy atom. The zero-order valence-corrected chi connectivity index (χ0v) is 13.8. The molecule has 1 amide bonds. The first-order valence-corrected chi connectivity index (χ1v) is 8.20. The molecule has 3 rings (SSSR count). The molecule has 1 aromatic heterocycles. The zero-order chi connectivity index (χ0) is 16.8. The minimum atomic E-state index is -0.0786. The van der Waals surface area contributed by atoms with Crippen molar-refractivity contribution >= 4 is 28.5 Å². The normalized spacial score (nSPS) is 10.7. The molecule has 0 spiro atoms. The Morgan fingerprint density at radius 3 is 2.83 bits per heavy atom. The summed E-state index contributed by atoms with van der Waals surface area (Å²) >= 11 is 5.82. The number of hydrogen-bond donors (Lipinski definition) is 2. The number of nitrogens with one attached hydrogen (secondary N) is 2. The Balaban J connectivity index is 1.36. The number of fused-ring (bicyclic) bond motifs is 1. The van der Waals surface area contributed by atoms with Crippen LogP contribution in [-0.4, -0.2) is 29.0 Å². The quantitative estimate of drug-likeness (QED) is 0.641. The number of H-pyrrole nitrogens is 1. The van der Waals surface area contributed by atoms with Gasteiger partial charge in [-0.25, -0.2) is 4.98 Å². The van der Waals surface area contributed by atoms with E-state index in [0.717, 1.165) is 29.6 Å². The van der Waals surface area contributed by atoms with Gasteiger partial charge in [-0.05, 0) is 55.3 Å². The van der Waals surface area contributed by atoms with E-state index in [1.54, 1.807) is 30.6 Å². The number of ether oxygens (including phenoxy) is 1. The maximum absolute atomic E-state index is 12.1. The number of halogens is 1. The lowest BCUT2D eigenvalue weighted by atomic mass is 10.2. The number of aromatic nitrogens is 2. The Labute approximate surface area is 145 Å². The van der Waals surface area contributed by atoms with Crippen molar-refractivity contribution in [3.63, 3.8) is 0 Å². The molecular weight excluding hydrogens is 326 g/mol. The van der Waals surface area contributed by atoms with Crippen molar-refractivity contribution in [1.29, 1.82) is 0 Å². The molecule has 5 nitrogen and oxygen atoms in total. The van der Waals surface area contributed by atoms with Gasteiger partial charge < -0.3 is 15.0 Å². The molecule has 0 aliphatic carbocycles. The number of imidazole rings is 1. The molecule has 6 heteroatoms. The van der Waals surface area contributed by atoms with Crippen LogP contribution in [0.25, 0.3) is 11.0 Å². The lowest BCUT2D eigenvalue weighted by Gasteiger charge is -2.07.